The summed E-state index contributed by atoms with van der Waals surface area (Å²) < 4.78 is 0. The second-order valence-corrected chi connectivity index (χ2v) is 4.69. The molecule has 20 heavy (non-hydrogen) atoms. The van der Waals surface area contributed by atoms with Crippen molar-refractivity contribution in [2.24, 2.45) is 0 Å². The lowest BCUT2D eigenvalue weighted by Crippen LogP contribution is -2.24. The molecule has 0 bridgehead atoms. The summed E-state index contributed by atoms with van der Waals surface area (Å²) in [5.74, 6) is -2.81. The lowest BCUT2D eigenvalue weighted by Gasteiger charge is -2.10. The second kappa shape index (κ2) is 5.57. The maximum Gasteiger partial charge on any atom is 0.290 e. The van der Waals surface area contributed by atoms with Crippen molar-refractivity contribution in [3.63, 3.8) is 0 Å². The Hall–Kier alpha value is -2.61. The van der Waals surface area contributed by atoms with Crippen molar-refractivity contribution in [1.29, 1.82) is 0 Å². The number of nitrogens with one attached hydrogen (secondary N) is 2. The van der Waals surface area contributed by atoms with E-state index in [4.69, 9.17) is 0 Å². The number of aromatic carboxylic acids is 1. The minimum absolute atomic E-state index is 0.0454. The van der Waals surface area contributed by atoms with Gasteiger partial charge in [0, 0.05) is 11.6 Å². The molecule has 0 atom stereocenters. The van der Waals surface area contributed by atoms with E-state index in [-0.39, 0.29) is 16.2 Å². The van der Waals surface area contributed by atoms with Crippen molar-refractivity contribution in [3.05, 3.63) is 40.8 Å². The van der Waals surface area contributed by atoms with Crippen molar-refractivity contribution < 1.29 is 24.3 Å². The van der Waals surface area contributed by atoms with Gasteiger partial charge in [0.15, 0.2) is 0 Å². The van der Waals surface area contributed by atoms with Gasteiger partial charge in [-0.25, -0.2) is 0 Å². The summed E-state index contributed by atoms with van der Waals surface area (Å²) in [6.07, 6.45) is 0.928. The molecule has 0 radical (unpaired) electrons. The molecular weight excluding hydrogens is 284 g/mol. The van der Waals surface area contributed by atoms with E-state index in [9.17, 15) is 24.3 Å². The second-order valence-electron chi connectivity index (χ2n) is 3.67. The summed E-state index contributed by atoms with van der Waals surface area (Å²) in [6.45, 7) is 0. The molecule has 8 heteroatoms. The summed E-state index contributed by atoms with van der Waals surface area (Å²) in [5.41, 5.74) is -0.136. The van der Waals surface area contributed by atoms with Crippen LogP contribution in [0.2, 0.25) is 0 Å². The predicted octanol–water partition coefficient (Wildman–Crippen LogP) is -0.145. The van der Waals surface area contributed by atoms with E-state index in [0.717, 1.165) is 6.08 Å². The number of carboxylic acid groups (broad SMARTS) is 1. The lowest BCUT2D eigenvalue weighted by atomic mass is 10.2. The van der Waals surface area contributed by atoms with Crippen molar-refractivity contribution in [1.82, 2.24) is 5.32 Å². The zero-order valence-electron chi connectivity index (χ0n) is 9.84. The molecule has 2 rings (SSSR count). The molecule has 102 valence electrons. The molecule has 1 heterocycles. The highest BCUT2D eigenvalue weighted by Crippen LogP contribution is 2.23. The maximum absolute atomic E-state index is 11.7. The van der Waals surface area contributed by atoms with Crippen LogP contribution in [0.25, 0.3) is 0 Å². The molecular formula is C12H7N2O5S-. The molecule has 2 N–H and O–H groups in total. The van der Waals surface area contributed by atoms with E-state index in [0.29, 0.717) is 11.8 Å². The number of hydrogen-bond donors (Lipinski definition) is 2. The Morgan fingerprint density at radius 3 is 2.55 bits per heavy atom. The van der Waals surface area contributed by atoms with Crippen molar-refractivity contribution >= 4 is 40.5 Å². The first-order valence-corrected chi connectivity index (χ1v) is 6.15. The summed E-state index contributed by atoms with van der Waals surface area (Å²) in [7, 11) is 0. The molecule has 1 fully saturated rings. The van der Waals surface area contributed by atoms with Crippen LogP contribution in [-0.4, -0.2) is 23.0 Å². The van der Waals surface area contributed by atoms with Gasteiger partial charge in [-0.15, -0.1) is 0 Å². The van der Waals surface area contributed by atoms with Gasteiger partial charge < -0.3 is 15.2 Å². The lowest BCUT2D eigenvalue weighted by molar-refractivity contribution is -0.254. The molecule has 1 aromatic carbocycles. The van der Waals surface area contributed by atoms with Gasteiger partial charge in [0.2, 0.25) is 5.91 Å². The number of carbonyl (C=O) groups excluding carboxylic acids is 4. The number of benzene rings is 1. The van der Waals surface area contributed by atoms with Crippen LogP contribution in [0.4, 0.5) is 10.5 Å². The van der Waals surface area contributed by atoms with Crippen molar-refractivity contribution in [2.75, 3.05) is 5.32 Å². The monoisotopic (exact) mass is 291 g/mol. The van der Waals surface area contributed by atoms with E-state index < -0.39 is 23.0 Å². The first-order chi connectivity index (χ1) is 9.47. The number of rotatable bonds is 3. The Labute approximate surface area is 117 Å². The topological polar surface area (TPSA) is 115 Å². The fourth-order valence-electron chi connectivity index (χ4n) is 1.48. The number of hydrogen-bond acceptors (Lipinski definition) is 6. The minimum Gasteiger partial charge on any atom is -0.545 e. The Morgan fingerprint density at radius 1 is 1.25 bits per heavy atom. The van der Waals surface area contributed by atoms with Gasteiger partial charge in [-0.2, -0.15) is 0 Å². The zero-order chi connectivity index (χ0) is 14.7. The van der Waals surface area contributed by atoms with Gasteiger partial charge in [0.25, 0.3) is 11.1 Å². The summed E-state index contributed by atoms with van der Waals surface area (Å²) in [4.78, 5) is 44.6. The summed E-state index contributed by atoms with van der Waals surface area (Å²) in [6, 6.07) is 5.68. The largest absolute Gasteiger partial charge is 0.545 e. The molecule has 3 amide bonds. The highest BCUT2D eigenvalue weighted by atomic mass is 32.2. The Kier molecular flexibility index (Phi) is 3.85. The fraction of sp³-hybridized carbons (Fsp3) is 0. The average molecular weight is 291 g/mol. The van der Waals surface area contributed by atoms with Crippen LogP contribution in [0.3, 0.4) is 0 Å². The average Bonchev–Trinajstić information content (AvgIpc) is 2.68. The van der Waals surface area contributed by atoms with E-state index in [1.165, 1.54) is 24.3 Å². The molecule has 0 saturated carbocycles. The predicted molar refractivity (Wildman–Crippen MR) is 68.6 cm³/mol. The van der Waals surface area contributed by atoms with Crippen LogP contribution in [-0.2, 0) is 9.59 Å². The van der Waals surface area contributed by atoms with Gasteiger partial charge in [-0.05, 0) is 17.8 Å². The number of amides is 3. The zero-order valence-corrected chi connectivity index (χ0v) is 10.7. The highest BCUT2D eigenvalue weighted by Gasteiger charge is 2.25. The summed E-state index contributed by atoms with van der Waals surface area (Å²) in [5, 5.41) is 14.6. The van der Waals surface area contributed by atoms with Gasteiger partial charge in [0.1, 0.15) is 0 Å². The van der Waals surface area contributed by atoms with Crippen LogP contribution in [0.1, 0.15) is 10.4 Å². The molecule has 0 aromatic heterocycles. The molecule has 1 aromatic rings. The molecule has 0 spiro atoms. The molecule has 0 aliphatic carbocycles. The normalized spacial score (nSPS) is 16.1. The Morgan fingerprint density at radius 2 is 1.95 bits per heavy atom. The molecule has 0 unspecified atom stereocenters. The van der Waals surface area contributed by atoms with Gasteiger partial charge >= 0.3 is 0 Å². The van der Waals surface area contributed by atoms with Gasteiger partial charge in [-0.3, -0.25) is 19.7 Å². The van der Waals surface area contributed by atoms with Crippen LogP contribution in [0.15, 0.2) is 35.2 Å². The fourth-order valence-corrected chi connectivity index (χ4v) is 2.13. The molecule has 1 aliphatic heterocycles. The number of para-hydroxylation sites is 1. The van der Waals surface area contributed by atoms with Crippen molar-refractivity contribution in [2.45, 2.75) is 0 Å². The third kappa shape index (κ3) is 3.04. The van der Waals surface area contributed by atoms with E-state index in [1.54, 1.807) is 0 Å². The SMILES string of the molecule is O=C(/C=C1\SC(=O)NC1=O)Nc1ccccc1C(=O)[O-]. The van der Waals surface area contributed by atoms with E-state index in [1.807, 2.05) is 5.32 Å². The quantitative estimate of drug-likeness (QED) is 0.749. The third-order valence-electron chi connectivity index (χ3n) is 2.31. The van der Waals surface area contributed by atoms with Gasteiger partial charge in [0.05, 0.1) is 16.6 Å². The smallest absolute Gasteiger partial charge is 0.290 e. The number of carbonyl (C=O) groups is 4. The minimum atomic E-state index is -1.43. The Bertz CT molecular complexity index is 653. The summed E-state index contributed by atoms with van der Waals surface area (Å²) >= 11 is 0.595. The molecule has 1 aliphatic rings. The molecule has 1 saturated heterocycles. The number of imide groups is 1. The Balaban J connectivity index is 2.17. The van der Waals surface area contributed by atoms with Crippen LogP contribution < -0.4 is 15.7 Å². The first-order valence-electron chi connectivity index (χ1n) is 5.33. The third-order valence-corrected chi connectivity index (χ3v) is 3.12. The molecule has 7 nitrogen and oxygen atoms in total. The highest BCUT2D eigenvalue weighted by molar-refractivity contribution is 8.18. The van der Waals surface area contributed by atoms with Crippen LogP contribution in [0, 0.1) is 0 Å². The van der Waals surface area contributed by atoms with Crippen LogP contribution in [0.5, 0.6) is 0 Å². The first kappa shape index (κ1) is 13.8. The van der Waals surface area contributed by atoms with Crippen LogP contribution >= 0.6 is 11.8 Å². The van der Waals surface area contributed by atoms with Gasteiger partial charge in [-0.1, -0.05) is 18.2 Å². The van der Waals surface area contributed by atoms with E-state index >= 15 is 0 Å². The van der Waals surface area contributed by atoms with Crippen molar-refractivity contribution in [3.8, 4) is 0 Å². The number of thioether (sulfide) groups is 1. The number of anilines is 1. The number of carboxylic acids is 1. The maximum atomic E-state index is 11.7. The standard InChI is InChI=1S/C12H8N2O5S/c15-9(5-8-10(16)14-12(19)20-8)13-7-4-2-1-3-6(7)11(17)18/h1-5H,(H,13,15)(H,17,18)(H,14,16,19)/p-1/b8-5-. The van der Waals surface area contributed by atoms with E-state index in [2.05, 4.69) is 5.32 Å².